The van der Waals surface area contributed by atoms with E-state index < -0.39 is 34.9 Å². The van der Waals surface area contributed by atoms with Gasteiger partial charge < -0.3 is 32.7 Å². The highest BCUT2D eigenvalue weighted by Gasteiger charge is 2.57. The number of carbonyl (C=O) groups excluding carboxylic acids is 1. The van der Waals surface area contributed by atoms with Crippen molar-refractivity contribution < 1.29 is 13.6 Å². The summed E-state index contributed by atoms with van der Waals surface area (Å²) in [5, 5.41) is 6.57. The number of hydrogen-bond donors (Lipinski definition) is 5. The molecule has 0 radical (unpaired) electrons. The average molecular weight is 512 g/mol. The van der Waals surface area contributed by atoms with Gasteiger partial charge in [-0.25, -0.2) is 23.7 Å². The lowest BCUT2D eigenvalue weighted by Gasteiger charge is -2.43. The maximum atomic E-state index is 16.0. The van der Waals surface area contributed by atoms with Gasteiger partial charge in [-0.15, -0.1) is 0 Å². The molecule has 5 rings (SSSR count). The number of pyridine rings is 1. The molecule has 10 nitrogen and oxygen atoms in total. The van der Waals surface area contributed by atoms with Crippen molar-refractivity contribution in [1.29, 1.82) is 0 Å². The van der Waals surface area contributed by atoms with Gasteiger partial charge in [0.1, 0.15) is 29.2 Å². The topological polar surface area (TPSA) is 161 Å². The van der Waals surface area contributed by atoms with Crippen LogP contribution < -0.4 is 32.7 Å². The Morgan fingerprint density at radius 2 is 1.92 bits per heavy atom. The van der Waals surface area contributed by atoms with E-state index in [0.29, 0.717) is 36.3 Å². The van der Waals surface area contributed by atoms with E-state index in [-0.39, 0.29) is 11.7 Å². The maximum absolute atomic E-state index is 16.0. The number of nitrogen functional groups attached to an aromatic ring is 1. The summed E-state index contributed by atoms with van der Waals surface area (Å²) in [4.78, 5) is 28.6. The van der Waals surface area contributed by atoms with E-state index in [9.17, 15) is 9.18 Å². The number of hydrogen-bond acceptors (Lipinski definition) is 9. The molecule has 0 spiro atoms. The van der Waals surface area contributed by atoms with Crippen LogP contribution in [0.15, 0.2) is 48.3 Å². The van der Waals surface area contributed by atoms with E-state index in [2.05, 4.69) is 30.5 Å². The fourth-order valence-electron chi connectivity index (χ4n) is 5.75. The Morgan fingerprint density at radius 1 is 1.14 bits per heavy atom. The van der Waals surface area contributed by atoms with Crippen LogP contribution in [0.2, 0.25) is 0 Å². The largest absolute Gasteiger partial charge is 0.397 e. The van der Waals surface area contributed by atoms with Gasteiger partial charge in [-0.05, 0) is 43.6 Å². The molecule has 2 aromatic heterocycles. The van der Waals surface area contributed by atoms with E-state index in [1.165, 1.54) is 12.4 Å². The third-order valence-corrected chi connectivity index (χ3v) is 7.66. The molecule has 8 N–H and O–H groups in total. The van der Waals surface area contributed by atoms with Gasteiger partial charge in [0.25, 0.3) is 0 Å². The minimum Gasteiger partial charge on any atom is -0.397 e. The van der Waals surface area contributed by atoms with Gasteiger partial charge >= 0.3 is 0 Å². The first kappa shape index (κ1) is 25.0. The number of nitrogens with one attached hydrogen (secondary N) is 2. The van der Waals surface area contributed by atoms with Crippen molar-refractivity contribution in [3.05, 3.63) is 54.0 Å². The van der Waals surface area contributed by atoms with Crippen LogP contribution >= 0.6 is 0 Å². The normalized spacial score (nSPS) is 26.9. The van der Waals surface area contributed by atoms with Crippen LogP contribution in [0.3, 0.4) is 0 Å². The fourth-order valence-corrected chi connectivity index (χ4v) is 5.75. The zero-order valence-electron chi connectivity index (χ0n) is 20.3. The highest BCUT2D eigenvalue weighted by Crippen LogP contribution is 2.53. The number of aromatic nitrogens is 3. The van der Waals surface area contributed by atoms with Crippen molar-refractivity contribution in [2.45, 2.75) is 18.5 Å². The molecule has 196 valence electrons. The van der Waals surface area contributed by atoms with Crippen LogP contribution in [0.5, 0.6) is 0 Å². The molecule has 4 heterocycles. The number of rotatable bonds is 6. The number of primary amides is 1. The molecule has 2 aliphatic heterocycles. The Balaban J connectivity index is 1.65. The molecule has 2 saturated heterocycles. The van der Waals surface area contributed by atoms with E-state index in [1.807, 2.05) is 12.1 Å². The Hall–Kier alpha value is -3.64. The molecule has 1 aliphatic carbocycles. The molecule has 2 fully saturated rings. The summed E-state index contributed by atoms with van der Waals surface area (Å²) in [7, 11) is 0. The Morgan fingerprint density at radius 3 is 2.57 bits per heavy atom. The van der Waals surface area contributed by atoms with Gasteiger partial charge in [0.2, 0.25) is 5.91 Å². The first-order chi connectivity index (χ1) is 17.8. The number of halogens is 2. The van der Waals surface area contributed by atoms with Crippen molar-refractivity contribution in [1.82, 2.24) is 25.6 Å². The minimum atomic E-state index is -2.18. The van der Waals surface area contributed by atoms with E-state index in [0.717, 1.165) is 38.1 Å². The third-order valence-electron chi connectivity index (χ3n) is 7.66. The third kappa shape index (κ3) is 4.29. The summed E-state index contributed by atoms with van der Waals surface area (Å²) >= 11 is 0. The van der Waals surface area contributed by atoms with Crippen molar-refractivity contribution in [2.24, 2.45) is 22.8 Å². The van der Waals surface area contributed by atoms with E-state index in [1.54, 1.807) is 6.20 Å². The second-order valence-electron chi connectivity index (χ2n) is 9.69. The number of piperazine rings is 1. The standard InChI is InChI=1S/C25H31F2N9O/c26-16-3-5-25(24(30)37,22(27)20(16)28)19(15-4-6-32-11-15)21-18(23(29)35-13-34-21)14-1-2-17(33-12-14)36-9-7-31-8-10-36/h1-3,5,12-13,15,19,22,31-32H,4,6-11,28H2,(H2,30,37)(H2,29,34,35). The number of anilines is 2. The van der Waals surface area contributed by atoms with Crippen LogP contribution in [0.4, 0.5) is 20.4 Å². The minimum absolute atomic E-state index is 0.155. The predicted octanol–water partition coefficient (Wildman–Crippen LogP) is 0.743. The molecule has 1 amide bonds. The lowest BCUT2D eigenvalue weighted by atomic mass is 9.61. The summed E-state index contributed by atoms with van der Waals surface area (Å²) in [6.45, 7) is 4.55. The van der Waals surface area contributed by atoms with Crippen molar-refractivity contribution in [3.8, 4) is 11.1 Å². The molecule has 37 heavy (non-hydrogen) atoms. The lowest BCUT2D eigenvalue weighted by molar-refractivity contribution is -0.130. The highest BCUT2D eigenvalue weighted by atomic mass is 19.1. The summed E-state index contributed by atoms with van der Waals surface area (Å²) in [5.74, 6) is -2.07. The van der Waals surface area contributed by atoms with Gasteiger partial charge in [0, 0.05) is 49.4 Å². The Labute approximate surface area is 213 Å². The molecule has 0 aromatic carbocycles. The van der Waals surface area contributed by atoms with Crippen LogP contribution in [0.25, 0.3) is 11.1 Å². The van der Waals surface area contributed by atoms with Crippen molar-refractivity contribution in [3.63, 3.8) is 0 Å². The first-order valence-electron chi connectivity index (χ1n) is 12.4. The smallest absolute Gasteiger partial charge is 0.231 e. The van der Waals surface area contributed by atoms with Gasteiger partial charge in [-0.2, -0.15) is 0 Å². The second-order valence-corrected chi connectivity index (χ2v) is 9.69. The summed E-state index contributed by atoms with van der Waals surface area (Å²) in [5.41, 5.74) is 16.8. The molecule has 0 bridgehead atoms. The lowest BCUT2D eigenvalue weighted by Crippen LogP contribution is -2.53. The monoisotopic (exact) mass is 511 g/mol. The number of alkyl halides is 1. The van der Waals surface area contributed by atoms with Crippen LogP contribution in [0, 0.1) is 11.3 Å². The van der Waals surface area contributed by atoms with Gasteiger partial charge in [-0.1, -0.05) is 6.08 Å². The number of carbonyl (C=O) groups is 1. The molecule has 12 heteroatoms. The van der Waals surface area contributed by atoms with E-state index >= 15 is 4.39 Å². The predicted molar refractivity (Wildman–Crippen MR) is 136 cm³/mol. The highest BCUT2D eigenvalue weighted by molar-refractivity contribution is 5.87. The SMILES string of the molecule is NC(=O)C1(C(c2ncnc(N)c2-c2ccc(N3CCNCC3)nc2)C2CCNC2)C=CC(F)=C(N)C1F. The zero-order chi connectivity index (χ0) is 26.2. The molecule has 3 aliphatic rings. The number of amides is 1. The van der Waals surface area contributed by atoms with Crippen molar-refractivity contribution in [2.75, 3.05) is 49.9 Å². The van der Waals surface area contributed by atoms with Gasteiger partial charge in [0.05, 0.1) is 11.4 Å². The molecule has 2 aromatic rings. The van der Waals surface area contributed by atoms with Gasteiger partial charge in [0.15, 0.2) is 6.17 Å². The number of allylic oxidation sites excluding steroid dienone is 3. The van der Waals surface area contributed by atoms with Crippen LogP contribution in [-0.2, 0) is 4.79 Å². The number of nitrogens with zero attached hydrogens (tertiary/aromatic N) is 4. The van der Waals surface area contributed by atoms with Crippen LogP contribution in [0.1, 0.15) is 18.0 Å². The van der Waals surface area contributed by atoms with Crippen LogP contribution in [-0.4, -0.2) is 66.3 Å². The Kier molecular flexibility index (Phi) is 6.78. The maximum Gasteiger partial charge on any atom is 0.231 e. The van der Waals surface area contributed by atoms with Gasteiger partial charge in [-0.3, -0.25) is 4.79 Å². The molecule has 0 saturated carbocycles. The molecular weight excluding hydrogens is 480 g/mol. The summed E-state index contributed by atoms with van der Waals surface area (Å²) in [6, 6.07) is 3.75. The summed E-state index contributed by atoms with van der Waals surface area (Å²) in [6.07, 6.45) is 3.60. The quantitative estimate of drug-likeness (QED) is 0.377. The molecule has 4 unspecified atom stereocenters. The van der Waals surface area contributed by atoms with E-state index in [4.69, 9.17) is 17.2 Å². The number of nitrogens with two attached hydrogens (primary N) is 3. The molecule has 4 atom stereocenters. The average Bonchev–Trinajstić information content (AvgIpc) is 3.44. The fraction of sp³-hybridized carbons (Fsp3) is 0.440. The summed E-state index contributed by atoms with van der Waals surface area (Å²) < 4.78 is 30.3. The second kappa shape index (κ2) is 10.0. The zero-order valence-corrected chi connectivity index (χ0v) is 20.3. The Bertz CT molecular complexity index is 1220. The molecular formula is C25H31F2N9O. The van der Waals surface area contributed by atoms with Crippen molar-refractivity contribution >= 4 is 17.5 Å². The first-order valence-corrected chi connectivity index (χ1v) is 12.4.